The second kappa shape index (κ2) is 8.95. The molecular formula is C20H23N3O5S. The Hall–Kier alpha value is -3.07. The van der Waals surface area contributed by atoms with Gasteiger partial charge in [0.1, 0.15) is 0 Å². The van der Waals surface area contributed by atoms with Crippen molar-refractivity contribution in [1.82, 2.24) is 10.9 Å². The molecule has 0 saturated carbocycles. The summed E-state index contributed by atoms with van der Waals surface area (Å²) in [4.78, 5) is 37.4. The predicted octanol–water partition coefficient (Wildman–Crippen LogP) is 1.82. The molecule has 3 amide bonds. The molecule has 0 radical (unpaired) electrons. The SMILES string of the molecule is COc1cc(C(=O)NNC(=O)c2cc3c(s2)CC[C@@H](C)C3)ccc1OCC(N)=O. The normalized spacial score (nSPS) is 15.2. The second-order valence-corrected chi connectivity index (χ2v) is 8.07. The number of methoxy groups -OCH3 is 1. The zero-order valence-electron chi connectivity index (χ0n) is 16.2. The van der Waals surface area contributed by atoms with Crippen LogP contribution in [-0.2, 0) is 17.6 Å². The van der Waals surface area contributed by atoms with Gasteiger partial charge in [0.15, 0.2) is 18.1 Å². The van der Waals surface area contributed by atoms with Crippen molar-refractivity contribution >= 4 is 29.1 Å². The third-order valence-corrected chi connectivity index (χ3v) is 5.87. The highest BCUT2D eigenvalue weighted by Gasteiger charge is 2.21. The fraction of sp³-hybridized carbons (Fsp3) is 0.350. The zero-order chi connectivity index (χ0) is 21.0. The number of carbonyl (C=O) groups is 3. The van der Waals surface area contributed by atoms with Gasteiger partial charge in [-0.25, -0.2) is 0 Å². The smallest absolute Gasteiger partial charge is 0.279 e. The monoisotopic (exact) mass is 417 g/mol. The zero-order valence-corrected chi connectivity index (χ0v) is 17.1. The Morgan fingerprint density at radius 2 is 1.93 bits per heavy atom. The maximum atomic E-state index is 12.4. The lowest BCUT2D eigenvalue weighted by Gasteiger charge is -2.16. The quantitative estimate of drug-likeness (QED) is 0.620. The summed E-state index contributed by atoms with van der Waals surface area (Å²) in [7, 11) is 1.41. The minimum Gasteiger partial charge on any atom is -0.493 e. The number of nitrogens with two attached hydrogens (primary N) is 1. The van der Waals surface area contributed by atoms with Crippen LogP contribution < -0.4 is 26.1 Å². The van der Waals surface area contributed by atoms with E-state index in [2.05, 4.69) is 17.8 Å². The molecule has 29 heavy (non-hydrogen) atoms. The molecule has 1 aliphatic rings. The van der Waals surface area contributed by atoms with E-state index in [1.54, 1.807) is 0 Å². The van der Waals surface area contributed by atoms with Crippen LogP contribution in [-0.4, -0.2) is 31.4 Å². The van der Waals surface area contributed by atoms with Gasteiger partial charge in [-0.3, -0.25) is 25.2 Å². The molecule has 0 spiro atoms. The van der Waals surface area contributed by atoms with E-state index in [0.717, 1.165) is 19.3 Å². The highest BCUT2D eigenvalue weighted by atomic mass is 32.1. The van der Waals surface area contributed by atoms with E-state index in [4.69, 9.17) is 15.2 Å². The van der Waals surface area contributed by atoms with Gasteiger partial charge >= 0.3 is 0 Å². The number of nitrogens with one attached hydrogen (secondary N) is 2. The van der Waals surface area contributed by atoms with Crippen LogP contribution in [0.25, 0.3) is 0 Å². The highest BCUT2D eigenvalue weighted by molar-refractivity contribution is 7.14. The maximum Gasteiger partial charge on any atom is 0.279 e. The highest BCUT2D eigenvalue weighted by Crippen LogP contribution is 2.32. The molecule has 8 nitrogen and oxygen atoms in total. The van der Waals surface area contributed by atoms with E-state index in [0.29, 0.717) is 10.8 Å². The molecule has 1 atom stereocenters. The number of fused-ring (bicyclic) bond motifs is 1. The molecule has 0 fully saturated rings. The summed E-state index contributed by atoms with van der Waals surface area (Å²) in [6, 6.07) is 6.34. The second-order valence-electron chi connectivity index (χ2n) is 6.94. The van der Waals surface area contributed by atoms with Crippen LogP contribution in [0.5, 0.6) is 11.5 Å². The number of hydrazine groups is 1. The number of rotatable bonds is 6. The van der Waals surface area contributed by atoms with Gasteiger partial charge in [-0.1, -0.05) is 6.92 Å². The average molecular weight is 417 g/mol. The number of benzene rings is 1. The Morgan fingerprint density at radius 1 is 1.17 bits per heavy atom. The molecule has 0 bridgehead atoms. The summed E-state index contributed by atoms with van der Waals surface area (Å²) in [5, 5.41) is 0. The number of carbonyl (C=O) groups excluding carboxylic acids is 3. The first kappa shape index (κ1) is 20.7. The van der Waals surface area contributed by atoms with Gasteiger partial charge in [-0.05, 0) is 55.0 Å². The number of hydrogen-bond acceptors (Lipinski definition) is 6. The fourth-order valence-electron chi connectivity index (χ4n) is 3.14. The van der Waals surface area contributed by atoms with Crippen molar-refractivity contribution in [3.05, 3.63) is 45.1 Å². The first-order valence-corrected chi connectivity index (χ1v) is 10.0. The van der Waals surface area contributed by atoms with Gasteiger partial charge < -0.3 is 15.2 Å². The van der Waals surface area contributed by atoms with Crippen LogP contribution in [0.4, 0.5) is 0 Å². The summed E-state index contributed by atoms with van der Waals surface area (Å²) in [5.74, 6) is -0.304. The molecule has 9 heteroatoms. The van der Waals surface area contributed by atoms with Crippen molar-refractivity contribution < 1.29 is 23.9 Å². The lowest BCUT2D eigenvalue weighted by molar-refractivity contribution is -0.119. The minimum absolute atomic E-state index is 0.257. The lowest BCUT2D eigenvalue weighted by atomic mass is 9.90. The topological polar surface area (TPSA) is 120 Å². The van der Waals surface area contributed by atoms with Crippen molar-refractivity contribution in [1.29, 1.82) is 0 Å². The summed E-state index contributed by atoms with van der Waals surface area (Å²) in [6.07, 6.45) is 3.10. The van der Waals surface area contributed by atoms with Gasteiger partial charge in [0, 0.05) is 10.4 Å². The first-order chi connectivity index (χ1) is 13.9. The van der Waals surface area contributed by atoms with Gasteiger partial charge in [-0.15, -0.1) is 11.3 Å². The summed E-state index contributed by atoms with van der Waals surface area (Å²) >= 11 is 1.47. The van der Waals surface area contributed by atoms with Crippen LogP contribution in [0, 0.1) is 5.92 Å². The van der Waals surface area contributed by atoms with Gasteiger partial charge in [0.2, 0.25) is 0 Å². The van der Waals surface area contributed by atoms with Crippen LogP contribution in [0.1, 0.15) is 43.8 Å². The lowest BCUT2D eigenvalue weighted by Crippen LogP contribution is -2.41. The number of amides is 3. The standard InChI is InChI=1S/C20H23N3O5S/c1-11-3-6-16-13(7-11)9-17(29-16)20(26)23-22-19(25)12-4-5-14(15(8-12)27-2)28-10-18(21)24/h4-5,8-9,11H,3,6-7,10H2,1-2H3,(H2,21,24)(H,22,25)(H,23,26)/t11-/m1/s1. The van der Waals surface area contributed by atoms with E-state index in [1.165, 1.54) is 47.1 Å². The molecule has 2 aromatic rings. The Balaban J connectivity index is 1.61. The van der Waals surface area contributed by atoms with Crippen molar-refractivity contribution in [2.24, 2.45) is 11.7 Å². The Labute approximate surface area is 172 Å². The molecule has 0 unspecified atom stereocenters. The number of aryl methyl sites for hydroxylation is 1. The van der Waals surface area contributed by atoms with Crippen LogP contribution in [0.3, 0.4) is 0 Å². The van der Waals surface area contributed by atoms with Gasteiger partial charge in [-0.2, -0.15) is 0 Å². The molecule has 0 aliphatic heterocycles. The molecular weight excluding hydrogens is 394 g/mol. The van der Waals surface area contributed by atoms with Crippen LogP contribution >= 0.6 is 11.3 Å². The van der Waals surface area contributed by atoms with E-state index >= 15 is 0 Å². The van der Waals surface area contributed by atoms with E-state index in [9.17, 15) is 14.4 Å². The third kappa shape index (κ3) is 5.05. The van der Waals surface area contributed by atoms with E-state index in [1.807, 2.05) is 6.07 Å². The van der Waals surface area contributed by atoms with Crippen molar-refractivity contribution in [2.75, 3.05) is 13.7 Å². The predicted molar refractivity (Wildman–Crippen MR) is 108 cm³/mol. The summed E-state index contributed by atoms with van der Waals surface area (Å²) < 4.78 is 10.4. The number of thiophene rings is 1. The summed E-state index contributed by atoms with van der Waals surface area (Å²) in [5.41, 5.74) is 11.4. The number of primary amides is 1. The third-order valence-electron chi connectivity index (χ3n) is 4.64. The molecule has 1 heterocycles. The maximum absolute atomic E-state index is 12.4. The van der Waals surface area contributed by atoms with Gasteiger partial charge in [0.05, 0.1) is 12.0 Å². The molecule has 1 aromatic carbocycles. The number of ether oxygens (including phenoxy) is 2. The van der Waals surface area contributed by atoms with Crippen LogP contribution in [0.15, 0.2) is 24.3 Å². The molecule has 154 valence electrons. The van der Waals surface area contributed by atoms with Crippen molar-refractivity contribution in [2.45, 2.75) is 26.2 Å². The van der Waals surface area contributed by atoms with Crippen LogP contribution in [0.2, 0.25) is 0 Å². The number of hydrogen-bond donors (Lipinski definition) is 3. The molecule has 1 aromatic heterocycles. The molecule has 0 saturated heterocycles. The largest absolute Gasteiger partial charge is 0.493 e. The Kier molecular flexibility index (Phi) is 6.38. The molecule has 1 aliphatic carbocycles. The van der Waals surface area contributed by atoms with Crippen molar-refractivity contribution in [3.8, 4) is 11.5 Å². The van der Waals surface area contributed by atoms with E-state index in [-0.39, 0.29) is 29.6 Å². The van der Waals surface area contributed by atoms with E-state index < -0.39 is 11.8 Å². The average Bonchev–Trinajstić information content (AvgIpc) is 3.13. The summed E-state index contributed by atoms with van der Waals surface area (Å²) in [6.45, 7) is 1.90. The Bertz CT molecular complexity index is 940. The first-order valence-electron chi connectivity index (χ1n) is 9.18. The molecule has 3 rings (SSSR count). The van der Waals surface area contributed by atoms with Gasteiger partial charge in [0.25, 0.3) is 17.7 Å². The minimum atomic E-state index is -0.624. The fourth-order valence-corrected chi connectivity index (χ4v) is 4.25. The molecule has 4 N–H and O–H groups in total. The Morgan fingerprint density at radius 3 is 2.66 bits per heavy atom. The van der Waals surface area contributed by atoms with Crippen molar-refractivity contribution in [3.63, 3.8) is 0 Å².